The molecule has 1 N–H and O–H groups in total. The Hall–Kier alpha value is -2.04. The van der Waals surface area contributed by atoms with Crippen molar-refractivity contribution in [2.24, 2.45) is 0 Å². The second-order valence-electron chi connectivity index (χ2n) is 3.90. The lowest BCUT2D eigenvalue weighted by Crippen LogP contribution is -2.16. The predicted octanol–water partition coefficient (Wildman–Crippen LogP) is 1.50. The van der Waals surface area contributed by atoms with Gasteiger partial charge in [-0.1, -0.05) is 0 Å². The van der Waals surface area contributed by atoms with Crippen molar-refractivity contribution in [2.45, 2.75) is 19.4 Å². The average molecular weight is 236 g/mol. The third-order valence-corrected chi connectivity index (χ3v) is 2.41. The van der Waals surface area contributed by atoms with Gasteiger partial charge in [-0.2, -0.15) is 0 Å². The molecule has 0 radical (unpaired) electrons. The minimum atomic E-state index is -0.912. The van der Waals surface area contributed by atoms with E-state index in [0.717, 1.165) is 0 Å². The van der Waals surface area contributed by atoms with Crippen LogP contribution in [0.2, 0.25) is 0 Å². The van der Waals surface area contributed by atoms with Gasteiger partial charge in [-0.25, -0.2) is 0 Å². The Morgan fingerprint density at radius 1 is 1.59 bits per heavy atom. The fraction of sp³-hybridized carbons (Fsp3) is 0.333. The number of carbonyl (C=O) groups excluding carboxylic acids is 1. The first-order chi connectivity index (χ1) is 8.06. The van der Waals surface area contributed by atoms with Crippen LogP contribution in [-0.4, -0.2) is 29.6 Å². The van der Waals surface area contributed by atoms with Crippen LogP contribution in [-0.2, 0) is 4.79 Å². The molecule has 1 aliphatic heterocycles. The van der Waals surface area contributed by atoms with Crippen LogP contribution in [0.25, 0.3) is 0 Å². The molecule has 0 unspecified atom stereocenters. The Labute approximate surface area is 98.0 Å². The van der Waals surface area contributed by atoms with Gasteiger partial charge in [0.25, 0.3) is 0 Å². The van der Waals surface area contributed by atoms with Gasteiger partial charge in [0, 0.05) is 6.07 Å². The number of carbonyl (C=O) groups is 2. The molecule has 17 heavy (non-hydrogen) atoms. The maximum atomic E-state index is 11.3. The summed E-state index contributed by atoms with van der Waals surface area (Å²) in [4.78, 5) is 21.8. The van der Waals surface area contributed by atoms with Crippen LogP contribution >= 0.6 is 0 Å². The number of rotatable bonds is 4. The summed E-state index contributed by atoms with van der Waals surface area (Å²) in [5, 5.41) is 8.60. The van der Waals surface area contributed by atoms with E-state index in [2.05, 4.69) is 0 Å². The highest BCUT2D eigenvalue weighted by Gasteiger charge is 2.21. The SMILES string of the molecule is C[C@@H](CC(=O)O)Oc1ccc2c(c1)OCC2=O. The summed E-state index contributed by atoms with van der Waals surface area (Å²) in [7, 11) is 0. The van der Waals surface area contributed by atoms with Crippen LogP contribution in [0.1, 0.15) is 23.7 Å². The number of aliphatic carboxylic acids is 1. The Morgan fingerprint density at radius 3 is 3.06 bits per heavy atom. The molecule has 0 saturated heterocycles. The quantitative estimate of drug-likeness (QED) is 0.857. The molecule has 0 bridgehead atoms. The zero-order valence-electron chi connectivity index (χ0n) is 9.30. The highest BCUT2D eigenvalue weighted by Crippen LogP contribution is 2.30. The van der Waals surface area contributed by atoms with Crippen LogP contribution < -0.4 is 9.47 Å². The third-order valence-electron chi connectivity index (χ3n) is 2.41. The standard InChI is InChI=1S/C12H12O5/c1-7(4-12(14)15)17-8-2-3-9-10(13)6-16-11(9)5-8/h2-3,5,7H,4,6H2,1H3,(H,14,15)/t7-/m0/s1. The van der Waals surface area contributed by atoms with E-state index in [1.807, 2.05) is 0 Å². The highest BCUT2D eigenvalue weighted by molar-refractivity contribution is 6.02. The molecule has 0 amide bonds. The largest absolute Gasteiger partial charge is 0.490 e. The van der Waals surface area contributed by atoms with Crippen LogP contribution in [0.5, 0.6) is 11.5 Å². The first-order valence-corrected chi connectivity index (χ1v) is 5.25. The third kappa shape index (κ3) is 2.55. The molecule has 0 aliphatic carbocycles. The first-order valence-electron chi connectivity index (χ1n) is 5.25. The molecule has 1 atom stereocenters. The minimum absolute atomic E-state index is 0.0508. The monoisotopic (exact) mass is 236 g/mol. The van der Waals surface area contributed by atoms with Gasteiger partial charge in [-0.15, -0.1) is 0 Å². The summed E-state index contributed by atoms with van der Waals surface area (Å²) in [5.41, 5.74) is 0.545. The summed E-state index contributed by atoms with van der Waals surface area (Å²) in [6.07, 6.45) is -0.501. The molecule has 1 aliphatic rings. The number of carboxylic acid groups (broad SMARTS) is 1. The average Bonchev–Trinajstić information content (AvgIpc) is 2.58. The zero-order chi connectivity index (χ0) is 12.4. The number of Topliss-reactive ketones (excluding diaryl/α,β-unsaturated/α-hetero) is 1. The van der Waals surface area contributed by atoms with Crippen molar-refractivity contribution < 1.29 is 24.2 Å². The van der Waals surface area contributed by atoms with Crippen molar-refractivity contribution >= 4 is 11.8 Å². The van der Waals surface area contributed by atoms with E-state index in [4.69, 9.17) is 14.6 Å². The number of hydrogen-bond donors (Lipinski definition) is 1. The van der Waals surface area contributed by atoms with E-state index >= 15 is 0 Å². The van der Waals surface area contributed by atoms with Gasteiger partial charge in [-0.3, -0.25) is 9.59 Å². The molecule has 0 saturated carbocycles. The molecule has 1 aromatic carbocycles. The molecule has 5 heteroatoms. The van der Waals surface area contributed by atoms with Gasteiger partial charge in [0.15, 0.2) is 6.61 Å². The number of carboxylic acids is 1. The smallest absolute Gasteiger partial charge is 0.307 e. The van der Waals surface area contributed by atoms with Crippen LogP contribution in [0.15, 0.2) is 18.2 Å². The van der Waals surface area contributed by atoms with E-state index in [0.29, 0.717) is 17.1 Å². The second kappa shape index (κ2) is 4.45. The number of fused-ring (bicyclic) bond motifs is 1. The molecule has 0 fully saturated rings. The van der Waals surface area contributed by atoms with E-state index in [9.17, 15) is 9.59 Å². The topological polar surface area (TPSA) is 72.8 Å². The summed E-state index contributed by atoms with van der Waals surface area (Å²) in [6, 6.07) is 4.88. The summed E-state index contributed by atoms with van der Waals surface area (Å²) < 4.78 is 10.6. The fourth-order valence-electron chi connectivity index (χ4n) is 1.67. The Bertz CT molecular complexity index is 466. The minimum Gasteiger partial charge on any atom is -0.490 e. The number of benzene rings is 1. The lowest BCUT2D eigenvalue weighted by molar-refractivity contribution is -0.138. The van der Waals surface area contributed by atoms with E-state index in [1.54, 1.807) is 25.1 Å². The van der Waals surface area contributed by atoms with Gasteiger partial charge in [0.05, 0.1) is 12.0 Å². The van der Waals surface area contributed by atoms with Gasteiger partial charge in [0.1, 0.15) is 17.6 Å². The lowest BCUT2D eigenvalue weighted by atomic mass is 10.1. The van der Waals surface area contributed by atoms with Gasteiger partial charge < -0.3 is 14.6 Å². The number of hydrogen-bond acceptors (Lipinski definition) is 4. The Kier molecular flexibility index (Phi) is 2.99. The van der Waals surface area contributed by atoms with E-state index in [-0.39, 0.29) is 18.8 Å². The molecule has 0 spiro atoms. The molecule has 90 valence electrons. The number of ether oxygens (including phenoxy) is 2. The molecular formula is C12H12O5. The van der Waals surface area contributed by atoms with Crippen molar-refractivity contribution in [3.8, 4) is 11.5 Å². The lowest BCUT2D eigenvalue weighted by Gasteiger charge is -2.12. The summed E-state index contributed by atoms with van der Waals surface area (Å²) in [6.45, 7) is 1.73. The number of ketones is 1. The maximum Gasteiger partial charge on any atom is 0.307 e. The highest BCUT2D eigenvalue weighted by atomic mass is 16.5. The molecule has 1 aromatic rings. The Morgan fingerprint density at radius 2 is 2.35 bits per heavy atom. The second-order valence-corrected chi connectivity index (χ2v) is 3.90. The molecule has 2 rings (SSSR count). The van der Waals surface area contributed by atoms with Crippen LogP contribution in [0.3, 0.4) is 0 Å². The Balaban J connectivity index is 2.08. The van der Waals surface area contributed by atoms with Gasteiger partial charge >= 0.3 is 5.97 Å². The van der Waals surface area contributed by atoms with Crippen molar-refractivity contribution in [3.63, 3.8) is 0 Å². The molecular weight excluding hydrogens is 224 g/mol. The van der Waals surface area contributed by atoms with Crippen LogP contribution in [0, 0.1) is 0 Å². The van der Waals surface area contributed by atoms with Crippen molar-refractivity contribution in [1.82, 2.24) is 0 Å². The van der Waals surface area contributed by atoms with Gasteiger partial charge in [0.2, 0.25) is 5.78 Å². The van der Waals surface area contributed by atoms with Crippen molar-refractivity contribution in [1.29, 1.82) is 0 Å². The normalized spacial score (nSPS) is 15.0. The van der Waals surface area contributed by atoms with E-state index in [1.165, 1.54) is 0 Å². The van der Waals surface area contributed by atoms with Gasteiger partial charge in [-0.05, 0) is 19.1 Å². The molecule has 1 heterocycles. The first kappa shape index (κ1) is 11.4. The maximum absolute atomic E-state index is 11.3. The molecule has 5 nitrogen and oxygen atoms in total. The zero-order valence-corrected chi connectivity index (χ0v) is 9.30. The molecule has 0 aromatic heterocycles. The summed E-state index contributed by atoms with van der Waals surface area (Å²) >= 11 is 0. The van der Waals surface area contributed by atoms with Crippen molar-refractivity contribution in [2.75, 3.05) is 6.61 Å². The van der Waals surface area contributed by atoms with Crippen LogP contribution in [0.4, 0.5) is 0 Å². The van der Waals surface area contributed by atoms with Crippen molar-refractivity contribution in [3.05, 3.63) is 23.8 Å². The predicted molar refractivity (Wildman–Crippen MR) is 58.6 cm³/mol. The van der Waals surface area contributed by atoms with E-state index < -0.39 is 12.1 Å². The summed E-state index contributed by atoms with van der Waals surface area (Å²) in [5.74, 6) is 0.0393. The fourth-order valence-corrected chi connectivity index (χ4v) is 1.67.